The second-order valence-corrected chi connectivity index (χ2v) is 7.73. The molecule has 2 aromatic rings. The molecule has 6 N–H and O–H groups in total. The van der Waals surface area contributed by atoms with E-state index >= 15 is 4.39 Å². The maximum atomic E-state index is 15.1. The van der Waals surface area contributed by atoms with Gasteiger partial charge in [0.2, 0.25) is 5.79 Å². The lowest BCUT2D eigenvalue weighted by atomic mass is 9.83. The molecule has 170 valence electrons. The van der Waals surface area contributed by atoms with Crippen molar-refractivity contribution in [1.82, 2.24) is 0 Å². The van der Waals surface area contributed by atoms with Crippen molar-refractivity contribution >= 4 is 0 Å². The van der Waals surface area contributed by atoms with E-state index < -0.39 is 48.7 Å². The molecule has 0 saturated carbocycles. The molecule has 8 nitrogen and oxygen atoms in total. The van der Waals surface area contributed by atoms with Crippen molar-refractivity contribution in [2.45, 2.75) is 56.3 Å². The van der Waals surface area contributed by atoms with E-state index in [1.165, 1.54) is 20.1 Å². The summed E-state index contributed by atoms with van der Waals surface area (Å²) in [5.41, 5.74) is 0.483. The molecule has 31 heavy (non-hydrogen) atoms. The zero-order chi connectivity index (χ0) is 22.9. The van der Waals surface area contributed by atoms with Crippen LogP contribution in [0.25, 0.3) is 0 Å². The van der Waals surface area contributed by atoms with E-state index in [1.54, 1.807) is 24.3 Å². The van der Waals surface area contributed by atoms with Gasteiger partial charge >= 0.3 is 0 Å². The number of halogens is 1. The van der Waals surface area contributed by atoms with Crippen molar-refractivity contribution in [3.8, 4) is 5.75 Å². The maximum Gasteiger partial charge on any atom is 0.222 e. The summed E-state index contributed by atoms with van der Waals surface area (Å²) in [6.07, 6.45) is -8.43. The predicted octanol–water partition coefficient (Wildman–Crippen LogP) is -0.0752. The van der Waals surface area contributed by atoms with E-state index in [1.807, 2.05) is 0 Å². The molecule has 0 bridgehead atoms. The summed E-state index contributed by atoms with van der Waals surface area (Å²) in [5, 5.41) is 61.7. The monoisotopic (exact) mass is 438 g/mol. The van der Waals surface area contributed by atoms with E-state index in [2.05, 4.69) is 0 Å². The Bertz CT molecular complexity index is 903. The number of rotatable bonds is 6. The number of benzene rings is 2. The lowest BCUT2D eigenvalue weighted by Gasteiger charge is -2.47. The summed E-state index contributed by atoms with van der Waals surface area (Å²) in [7, 11) is 1.51. The first-order chi connectivity index (χ1) is 14.6. The molecule has 1 aliphatic rings. The molecule has 0 unspecified atom stereocenters. The fraction of sp³-hybridized carbons (Fsp3) is 0.455. The van der Waals surface area contributed by atoms with Gasteiger partial charge in [0, 0.05) is 17.5 Å². The molecule has 9 heteroatoms. The molecule has 1 aliphatic heterocycles. The summed E-state index contributed by atoms with van der Waals surface area (Å²) < 4.78 is 25.6. The summed E-state index contributed by atoms with van der Waals surface area (Å²) in [6, 6.07) is 9.11. The molecule has 1 heterocycles. The van der Waals surface area contributed by atoms with Gasteiger partial charge < -0.3 is 40.1 Å². The van der Waals surface area contributed by atoms with Crippen LogP contribution in [-0.2, 0) is 23.6 Å². The van der Waals surface area contributed by atoms with Crippen molar-refractivity contribution in [3.05, 3.63) is 64.5 Å². The van der Waals surface area contributed by atoms with Crippen LogP contribution >= 0.6 is 0 Å². The number of hydrogen-bond acceptors (Lipinski definition) is 8. The zero-order valence-electron chi connectivity index (χ0n) is 17.1. The Morgan fingerprint density at radius 1 is 1.10 bits per heavy atom. The topological polar surface area (TPSA) is 140 Å². The van der Waals surface area contributed by atoms with Crippen molar-refractivity contribution < 1.29 is 44.5 Å². The fourth-order valence-electron chi connectivity index (χ4n) is 3.80. The second-order valence-electron chi connectivity index (χ2n) is 7.73. The van der Waals surface area contributed by atoms with Crippen LogP contribution in [0.2, 0.25) is 0 Å². The molecule has 2 aromatic carbocycles. The molecule has 6 atom stereocenters. The average Bonchev–Trinajstić information content (AvgIpc) is 2.76. The van der Waals surface area contributed by atoms with Gasteiger partial charge in [0.15, 0.2) is 0 Å². The van der Waals surface area contributed by atoms with Gasteiger partial charge in [-0.15, -0.1) is 0 Å². The van der Waals surface area contributed by atoms with Crippen molar-refractivity contribution in [1.29, 1.82) is 0 Å². The summed E-state index contributed by atoms with van der Waals surface area (Å²) >= 11 is 0. The molecule has 1 fully saturated rings. The van der Waals surface area contributed by atoms with Crippen LogP contribution in [-0.4, -0.2) is 68.3 Å². The van der Waals surface area contributed by atoms with Gasteiger partial charge in [-0.25, -0.2) is 4.39 Å². The maximum absolute atomic E-state index is 15.1. The van der Waals surface area contributed by atoms with E-state index in [0.717, 1.165) is 6.07 Å². The second kappa shape index (κ2) is 9.17. The molecule has 0 aliphatic carbocycles. The molecule has 0 amide bonds. The van der Waals surface area contributed by atoms with Gasteiger partial charge in [-0.2, -0.15) is 0 Å². The Kier molecular flexibility index (Phi) is 6.97. The highest BCUT2D eigenvalue weighted by Gasteiger charge is 2.55. The molecular weight excluding hydrogens is 411 g/mol. The van der Waals surface area contributed by atoms with Gasteiger partial charge in [0.25, 0.3) is 0 Å². The van der Waals surface area contributed by atoms with Gasteiger partial charge in [-0.3, -0.25) is 0 Å². The van der Waals surface area contributed by atoms with E-state index in [0.29, 0.717) is 11.3 Å². The number of aliphatic hydroxyl groups is 6. The SMILES string of the molecule is COc1ccc(Cc2c(F)cc(CO)cc2[C@@]2(O)O[C@H]([C@H](C)O)[C@@H](O)[C@H](O)[C@H]2O)cc1. The van der Waals surface area contributed by atoms with Crippen molar-refractivity contribution in [3.63, 3.8) is 0 Å². The van der Waals surface area contributed by atoms with Crippen LogP contribution in [0.1, 0.15) is 29.2 Å². The standard InChI is InChI=1S/C22H27FO8/c1-11(25)20-18(26)19(27)21(28)22(29,31-20)16-8-13(10-24)9-17(23)15(16)7-12-3-5-14(30-2)6-4-12/h3-6,8-9,11,18-21,24-29H,7,10H2,1-2H3/t11-,18-,19-,20+,21+,22+/m0/s1. The minimum atomic E-state index is -2.66. The molecule has 0 spiro atoms. The normalized spacial score (nSPS) is 29.6. The largest absolute Gasteiger partial charge is 0.497 e. The number of hydrogen-bond donors (Lipinski definition) is 6. The molecule has 0 radical (unpaired) electrons. The van der Waals surface area contributed by atoms with Gasteiger partial charge in [0.1, 0.15) is 36.0 Å². The van der Waals surface area contributed by atoms with Crippen LogP contribution in [0.3, 0.4) is 0 Å². The molecule has 3 rings (SSSR count). The quantitative estimate of drug-likeness (QED) is 0.368. The summed E-state index contributed by atoms with van der Waals surface area (Å²) in [6.45, 7) is 0.728. The molecular formula is C22H27FO8. The third-order valence-corrected chi connectivity index (χ3v) is 5.57. The van der Waals surface area contributed by atoms with Crippen molar-refractivity contribution in [2.75, 3.05) is 7.11 Å². The van der Waals surface area contributed by atoms with Crippen LogP contribution in [0.4, 0.5) is 4.39 Å². The van der Waals surface area contributed by atoms with E-state index in [-0.39, 0.29) is 23.1 Å². The Morgan fingerprint density at radius 3 is 2.29 bits per heavy atom. The van der Waals surface area contributed by atoms with Crippen LogP contribution < -0.4 is 4.74 Å². The smallest absolute Gasteiger partial charge is 0.222 e. The number of aliphatic hydroxyl groups excluding tert-OH is 5. The number of ether oxygens (including phenoxy) is 2. The summed E-state index contributed by atoms with van der Waals surface area (Å²) in [5.74, 6) is -2.83. The minimum Gasteiger partial charge on any atom is -0.497 e. The van der Waals surface area contributed by atoms with Crippen LogP contribution in [0.5, 0.6) is 5.75 Å². The Labute approximate surface area is 178 Å². The minimum absolute atomic E-state index is 0.0206. The molecule has 1 saturated heterocycles. The predicted molar refractivity (Wildman–Crippen MR) is 107 cm³/mol. The zero-order valence-corrected chi connectivity index (χ0v) is 17.1. The van der Waals surface area contributed by atoms with Crippen LogP contribution in [0, 0.1) is 5.82 Å². The van der Waals surface area contributed by atoms with E-state index in [9.17, 15) is 30.6 Å². The third-order valence-electron chi connectivity index (χ3n) is 5.57. The Morgan fingerprint density at radius 2 is 1.74 bits per heavy atom. The number of methoxy groups -OCH3 is 1. The lowest BCUT2D eigenvalue weighted by Crippen LogP contribution is -2.65. The first kappa shape index (κ1) is 23.6. The summed E-state index contributed by atoms with van der Waals surface area (Å²) in [4.78, 5) is 0. The van der Waals surface area contributed by atoms with E-state index in [4.69, 9.17) is 9.47 Å². The highest BCUT2D eigenvalue weighted by molar-refractivity contribution is 5.41. The van der Waals surface area contributed by atoms with Gasteiger partial charge in [0.05, 0.1) is 19.8 Å². The first-order valence-electron chi connectivity index (χ1n) is 9.80. The highest BCUT2D eigenvalue weighted by Crippen LogP contribution is 2.40. The fourth-order valence-corrected chi connectivity index (χ4v) is 3.80. The lowest BCUT2D eigenvalue weighted by molar-refractivity contribution is -0.364. The third kappa shape index (κ3) is 4.44. The average molecular weight is 438 g/mol. The van der Waals surface area contributed by atoms with Crippen LogP contribution in [0.15, 0.2) is 36.4 Å². The Balaban J connectivity index is 2.12. The van der Waals surface area contributed by atoms with Gasteiger partial charge in [-0.05, 0) is 42.3 Å². The Hall–Kier alpha value is -2.11. The first-order valence-corrected chi connectivity index (χ1v) is 9.80. The van der Waals surface area contributed by atoms with Crippen molar-refractivity contribution in [2.24, 2.45) is 0 Å². The van der Waals surface area contributed by atoms with Gasteiger partial charge in [-0.1, -0.05) is 12.1 Å². The molecule has 0 aromatic heterocycles. The highest BCUT2D eigenvalue weighted by atomic mass is 19.1.